The molecular formula is C20H41NaO4S. The van der Waals surface area contributed by atoms with E-state index >= 15 is 0 Å². The van der Waals surface area contributed by atoms with Gasteiger partial charge >= 0.3 is 29.6 Å². The maximum Gasteiger partial charge on any atom is 1.00 e. The summed E-state index contributed by atoms with van der Waals surface area (Å²) in [6.45, 7) is 2.86. The first-order valence-electron chi connectivity index (χ1n) is 10.6. The van der Waals surface area contributed by atoms with Crippen LogP contribution in [-0.2, 0) is 14.9 Å². The van der Waals surface area contributed by atoms with Crippen LogP contribution in [0.25, 0.3) is 0 Å². The van der Waals surface area contributed by atoms with Crippen molar-refractivity contribution >= 4 is 10.1 Å². The van der Waals surface area contributed by atoms with Crippen molar-refractivity contribution in [3.05, 3.63) is 0 Å². The van der Waals surface area contributed by atoms with Gasteiger partial charge < -0.3 is 9.29 Å². The van der Waals surface area contributed by atoms with E-state index in [4.69, 9.17) is 4.74 Å². The quantitative estimate of drug-likeness (QED) is 0.179. The van der Waals surface area contributed by atoms with Crippen LogP contribution in [0.2, 0.25) is 0 Å². The molecule has 0 aromatic rings. The summed E-state index contributed by atoms with van der Waals surface area (Å²) >= 11 is 0. The zero-order valence-electron chi connectivity index (χ0n) is 17.5. The second-order valence-electron chi connectivity index (χ2n) is 7.18. The summed E-state index contributed by atoms with van der Waals surface area (Å²) in [5.41, 5.74) is 0. The minimum atomic E-state index is -4.12. The topological polar surface area (TPSA) is 66.4 Å². The van der Waals surface area contributed by atoms with Gasteiger partial charge in [0.1, 0.15) is 0 Å². The molecule has 0 rings (SSSR count). The van der Waals surface area contributed by atoms with E-state index in [9.17, 15) is 13.0 Å². The molecule has 0 fully saturated rings. The fourth-order valence-electron chi connectivity index (χ4n) is 3.02. The molecule has 0 radical (unpaired) electrons. The number of hydrogen-bond donors (Lipinski definition) is 0. The van der Waals surface area contributed by atoms with Crippen LogP contribution in [0.1, 0.15) is 110 Å². The Morgan fingerprint density at radius 2 is 0.962 bits per heavy atom. The van der Waals surface area contributed by atoms with Crippen molar-refractivity contribution < 1.29 is 47.3 Å². The van der Waals surface area contributed by atoms with Gasteiger partial charge in [-0.15, -0.1) is 0 Å². The molecule has 0 spiro atoms. The molecule has 0 aromatic carbocycles. The zero-order chi connectivity index (χ0) is 18.6. The van der Waals surface area contributed by atoms with Crippen molar-refractivity contribution in [1.82, 2.24) is 0 Å². The first-order chi connectivity index (χ1) is 12.1. The monoisotopic (exact) mass is 400 g/mol. The first-order valence-corrected chi connectivity index (χ1v) is 12.2. The summed E-state index contributed by atoms with van der Waals surface area (Å²) in [6, 6.07) is 0. The Labute approximate surface area is 185 Å². The van der Waals surface area contributed by atoms with E-state index in [1.165, 1.54) is 89.9 Å². The van der Waals surface area contributed by atoms with Crippen molar-refractivity contribution in [3.63, 3.8) is 0 Å². The number of unbranched alkanes of at least 4 members (excludes halogenated alkanes) is 15. The van der Waals surface area contributed by atoms with Gasteiger partial charge in [-0.05, 0) is 6.42 Å². The molecule has 0 N–H and O–H groups in total. The van der Waals surface area contributed by atoms with E-state index in [1.807, 2.05) is 0 Å². The Bertz CT molecular complexity index is 361. The fourth-order valence-corrected chi connectivity index (χ4v) is 3.34. The van der Waals surface area contributed by atoms with E-state index < -0.39 is 15.9 Å². The molecule has 0 unspecified atom stereocenters. The van der Waals surface area contributed by atoms with Gasteiger partial charge in [-0.2, -0.15) is 0 Å². The van der Waals surface area contributed by atoms with Gasteiger partial charge in [0.2, 0.25) is 0 Å². The molecule has 152 valence electrons. The van der Waals surface area contributed by atoms with Crippen LogP contribution in [-0.4, -0.2) is 31.9 Å². The average molecular weight is 401 g/mol. The van der Waals surface area contributed by atoms with E-state index in [1.54, 1.807) is 0 Å². The van der Waals surface area contributed by atoms with Crippen molar-refractivity contribution in [2.24, 2.45) is 0 Å². The second kappa shape index (κ2) is 22.2. The minimum absolute atomic E-state index is 0. The van der Waals surface area contributed by atoms with Crippen LogP contribution < -0.4 is 29.6 Å². The molecular weight excluding hydrogens is 359 g/mol. The second-order valence-corrected chi connectivity index (χ2v) is 8.70. The largest absolute Gasteiger partial charge is 1.00 e. The Morgan fingerprint density at radius 1 is 0.615 bits per heavy atom. The third-order valence-corrected chi connectivity index (χ3v) is 5.29. The summed E-state index contributed by atoms with van der Waals surface area (Å²) in [7, 11) is -4.12. The summed E-state index contributed by atoms with van der Waals surface area (Å²) in [5.74, 6) is -0.411. The molecule has 0 amide bonds. The number of ether oxygens (including phenoxy) is 1. The average Bonchev–Trinajstić information content (AvgIpc) is 2.56. The Hall–Kier alpha value is 0.870. The van der Waals surface area contributed by atoms with Crippen LogP contribution in [0.15, 0.2) is 0 Å². The summed E-state index contributed by atoms with van der Waals surface area (Å²) in [6.07, 6.45) is 21.3. The van der Waals surface area contributed by atoms with Crippen molar-refractivity contribution in [1.29, 1.82) is 0 Å². The molecule has 0 saturated carbocycles. The van der Waals surface area contributed by atoms with Crippen LogP contribution >= 0.6 is 0 Å². The van der Waals surface area contributed by atoms with Gasteiger partial charge in [-0.3, -0.25) is 0 Å². The normalized spacial score (nSPS) is 11.5. The molecule has 0 aliphatic heterocycles. The van der Waals surface area contributed by atoms with Crippen molar-refractivity contribution in [3.8, 4) is 0 Å². The van der Waals surface area contributed by atoms with Crippen LogP contribution in [0.5, 0.6) is 0 Å². The maximum absolute atomic E-state index is 10.4. The first kappa shape index (κ1) is 29.1. The van der Waals surface area contributed by atoms with Crippen LogP contribution in [0, 0.1) is 0 Å². The number of rotatable bonds is 20. The molecule has 6 heteroatoms. The summed E-state index contributed by atoms with van der Waals surface area (Å²) in [5, 5.41) is 0. The predicted molar refractivity (Wildman–Crippen MR) is 105 cm³/mol. The predicted octanol–water partition coefficient (Wildman–Crippen LogP) is 2.81. The van der Waals surface area contributed by atoms with Crippen LogP contribution in [0.4, 0.5) is 0 Å². The molecule has 0 aliphatic carbocycles. The summed E-state index contributed by atoms with van der Waals surface area (Å²) in [4.78, 5) is 0. The maximum atomic E-state index is 10.4. The molecule has 0 saturated heterocycles. The molecule has 0 aromatic heterocycles. The minimum Gasteiger partial charge on any atom is -0.748 e. The van der Waals surface area contributed by atoms with Crippen molar-refractivity contribution in [2.45, 2.75) is 110 Å². The molecule has 0 bridgehead atoms. The van der Waals surface area contributed by atoms with Gasteiger partial charge in [-0.1, -0.05) is 103 Å². The Balaban J connectivity index is 0. The van der Waals surface area contributed by atoms with E-state index in [2.05, 4.69) is 6.92 Å². The van der Waals surface area contributed by atoms with E-state index in [-0.39, 0.29) is 36.2 Å². The fraction of sp³-hybridized carbons (Fsp3) is 1.00. The molecule has 0 aliphatic rings. The summed E-state index contributed by atoms with van der Waals surface area (Å²) < 4.78 is 36.3. The molecule has 26 heavy (non-hydrogen) atoms. The van der Waals surface area contributed by atoms with E-state index in [0.717, 1.165) is 12.8 Å². The van der Waals surface area contributed by atoms with Gasteiger partial charge in [0, 0.05) is 6.61 Å². The van der Waals surface area contributed by atoms with E-state index in [0.29, 0.717) is 6.61 Å². The van der Waals surface area contributed by atoms with Gasteiger partial charge in [0.25, 0.3) is 0 Å². The Kier molecular flexibility index (Phi) is 24.8. The Morgan fingerprint density at radius 3 is 1.31 bits per heavy atom. The molecule has 0 heterocycles. The molecule has 4 nitrogen and oxygen atoms in total. The zero-order valence-corrected chi connectivity index (χ0v) is 20.3. The molecule has 0 atom stereocenters. The van der Waals surface area contributed by atoms with Gasteiger partial charge in [0.15, 0.2) is 0 Å². The smallest absolute Gasteiger partial charge is 0.748 e. The third kappa shape index (κ3) is 27.1. The SMILES string of the molecule is CCCCCCCCCCCCCCCCCCOCCS(=O)(=O)[O-].[Na+]. The van der Waals surface area contributed by atoms with Crippen molar-refractivity contribution in [2.75, 3.05) is 19.0 Å². The number of hydrogen-bond acceptors (Lipinski definition) is 4. The third-order valence-electron chi connectivity index (χ3n) is 4.62. The van der Waals surface area contributed by atoms with Gasteiger partial charge in [-0.25, -0.2) is 8.42 Å². The standard InChI is InChI=1S/C20H42O4S.Na/c1-2-3-4-5-6-7-8-9-10-11-12-13-14-15-16-17-18-24-19-20-25(21,22)23;/h2-20H2,1H3,(H,21,22,23);/q;+1/p-1. The van der Waals surface area contributed by atoms with Crippen LogP contribution in [0.3, 0.4) is 0 Å². The van der Waals surface area contributed by atoms with Gasteiger partial charge in [0.05, 0.1) is 22.5 Å².